The van der Waals surface area contributed by atoms with Crippen LogP contribution in [0.3, 0.4) is 0 Å². The number of methoxy groups -OCH3 is 1. The van der Waals surface area contributed by atoms with Crippen LogP contribution < -0.4 is 10.5 Å². The Morgan fingerprint density at radius 1 is 1.28 bits per heavy atom. The van der Waals surface area contributed by atoms with Gasteiger partial charge in [-0.1, -0.05) is 13.8 Å². The smallest absolute Gasteiger partial charge is 0.321 e. The molecule has 2 atom stereocenters. The van der Waals surface area contributed by atoms with Gasteiger partial charge in [0.2, 0.25) is 0 Å². The van der Waals surface area contributed by atoms with Crippen molar-refractivity contribution < 1.29 is 33.7 Å². The first-order chi connectivity index (χ1) is 13.5. The van der Waals surface area contributed by atoms with Gasteiger partial charge in [0, 0.05) is 31.3 Å². The lowest BCUT2D eigenvalue weighted by Gasteiger charge is -2.24. The zero-order chi connectivity index (χ0) is 22.9. The second-order valence-corrected chi connectivity index (χ2v) is 7.09. The molecule has 4 N–H and O–H groups in total. The average Bonchev–Trinajstić information content (AvgIpc) is 2.67. The summed E-state index contributed by atoms with van der Waals surface area (Å²) < 4.78 is 20.3. The molecule has 2 unspecified atom stereocenters. The lowest BCUT2D eigenvalue weighted by atomic mass is 9.89. The number of rotatable bonds is 9. The molecule has 29 heavy (non-hydrogen) atoms. The second kappa shape index (κ2) is 12.3. The van der Waals surface area contributed by atoms with Gasteiger partial charge in [-0.15, -0.1) is 11.8 Å². The van der Waals surface area contributed by atoms with Crippen molar-refractivity contribution in [3.8, 4) is 5.75 Å². The fraction of sp³-hybridized carbons (Fsp3) is 0.526. The van der Waals surface area contributed by atoms with E-state index in [0.717, 1.165) is 11.8 Å². The minimum atomic E-state index is -1.46. The van der Waals surface area contributed by atoms with E-state index < -0.39 is 35.6 Å². The predicted octanol–water partition coefficient (Wildman–Crippen LogP) is 2.18. The molecule has 0 bridgehead atoms. The van der Waals surface area contributed by atoms with E-state index in [1.165, 1.54) is 39.1 Å². The summed E-state index contributed by atoms with van der Waals surface area (Å²) >= 11 is 0.928. The standard InChI is InChI=1S/C17H23FN2O6S.C2H6/c1-8-13(16(23)20(2)3)11(26-4)5-9(14(8)18)10(15(19)17(24)25)6-27-7-12(21)22;1-2/h5,10,15H,6-7,19H2,1-4H3,(H,21,22)(H,24,25);1-2H3. The van der Waals surface area contributed by atoms with E-state index in [0.29, 0.717) is 0 Å². The number of carbonyl (C=O) groups excluding carboxylic acids is 1. The van der Waals surface area contributed by atoms with Crippen LogP contribution in [-0.4, -0.2) is 71.7 Å². The quantitative estimate of drug-likeness (QED) is 0.541. The Hall–Kier alpha value is -2.33. The minimum absolute atomic E-state index is 0.00822. The van der Waals surface area contributed by atoms with Crippen molar-refractivity contribution in [2.24, 2.45) is 5.73 Å². The van der Waals surface area contributed by atoms with Crippen molar-refractivity contribution >= 4 is 29.6 Å². The molecule has 0 aromatic heterocycles. The van der Waals surface area contributed by atoms with E-state index in [1.54, 1.807) is 0 Å². The Morgan fingerprint density at radius 2 is 1.83 bits per heavy atom. The minimum Gasteiger partial charge on any atom is -0.496 e. The number of carboxylic acids is 2. The second-order valence-electron chi connectivity index (χ2n) is 6.06. The molecule has 0 aliphatic carbocycles. The molecule has 10 heteroatoms. The summed E-state index contributed by atoms with van der Waals surface area (Å²) in [7, 11) is 4.34. The van der Waals surface area contributed by atoms with Gasteiger partial charge in [-0.3, -0.25) is 14.4 Å². The van der Waals surface area contributed by atoms with Gasteiger partial charge in [0.15, 0.2) is 0 Å². The van der Waals surface area contributed by atoms with Gasteiger partial charge in [0.05, 0.1) is 18.4 Å². The molecule has 1 rings (SSSR count). The Kier molecular flexibility index (Phi) is 11.3. The Labute approximate surface area is 174 Å². The third kappa shape index (κ3) is 6.90. The van der Waals surface area contributed by atoms with Crippen LogP contribution in [0.1, 0.15) is 41.3 Å². The van der Waals surface area contributed by atoms with Gasteiger partial charge in [-0.05, 0) is 18.6 Å². The van der Waals surface area contributed by atoms with Crippen LogP contribution in [0.25, 0.3) is 0 Å². The Morgan fingerprint density at radius 3 is 2.24 bits per heavy atom. The van der Waals surface area contributed by atoms with Gasteiger partial charge in [0.25, 0.3) is 5.91 Å². The summed E-state index contributed by atoms with van der Waals surface area (Å²) in [5, 5.41) is 18.0. The van der Waals surface area contributed by atoms with Crippen molar-refractivity contribution in [3.63, 3.8) is 0 Å². The number of carboxylic acid groups (broad SMARTS) is 2. The number of carbonyl (C=O) groups is 3. The molecular formula is C19H29FN2O6S. The monoisotopic (exact) mass is 432 g/mol. The number of aliphatic carboxylic acids is 2. The number of halogens is 1. The highest BCUT2D eigenvalue weighted by molar-refractivity contribution is 7.99. The van der Waals surface area contributed by atoms with Crippen molar-refractivity contribution in [1.82, 2.24) is 4.90 Å². The maximum absolute atomic E-state index is 15.1. The van der Waals surface area contributed by atoms with E-state index in [9.17, 15) is 19.5 Å². The summed E-state index contributed by atoms with van der Waals surface area (Å²) in [6.07, 6.45) is 0. The fourth-order valence-electron chi connectivity index (χ4n) is 2.54. The van der Waals surface area contributed by atoms with E-state index in [-0.39, 0.29) is 33.9 Å². The van der Waals surface area contributed by atoms with Crippen LogP contribution in [0, 0.1) is 12.7 Å². The highest BCUT2D eigenvalue weighted by Gasteiger charge is 2.32. The molecular weight excluding hydrogens is 403 g/mol. The van der Waals surface area contributed by atoms with Crippen LogP contribution in [0.2, 0.25) is 0 Å². The predicted molar refractivity (Wildman–Crippen MR) is 110 cm³/mol. The highest BCUT2D eigenvalue weighted by Crippen LogP contribution is 2.35. The van der Waals surface area contributed by atoms with Gasteiger partial charge in [-0.2, -0.15) is 0 Å². The fourth-order valence-corrected chi connectivity index (χ4v) is 3.47. The number of nitrogens with two attached hydrogens (primary N) is 1. The Balaban J connectivity index is 0.00000379. The number of hydrogen-bond donors (Lipinski definition) is 3. The molecule has 0 aliphatic rings. The van der Waals surface area contributed by atoms with Crippen LogP contribution in [0.4, 0.5) is 4.39 Å². The number of benzene rings is 1. The van der Waals surface area contributed by atoms with Crippen LogP contribution in [-0.2, 0) is 9.59 Å². The van der Waals surface area contributed by atoms with Crippen LogP contribution >= 0.6 is 11.8 Å². The van der Waals surface area contributed by atoms with E-state index in [2.05, 4.69) is 0 Å². The molecule has 0 saturated carbocycles. The number of amides is 1. The van der Waals surface area contributed by atoms with E-state index in [4.69, 9.17) is 15.6 Å². The van der Waals surface area contributed by atoms with Gasteiger partial charge < -0.3 is 25.6 Å². The maximum atomic E-state index is 15.1. The van der Waals surface area contributed by atoms with Gasteiger partial charge >= 0.3 is 11.9 Å². The number of thioether (sulfide) groups is 1. The van der Waals surface area contributed by atoms with Crippen molar-refractivity contribution in [2.75, 3.05) is 32.7 Å². The lowest BCUT2D eigenvalue weighted by Crippen LogP contribution is -2.38. The summed E-state index contributed by atoms with van der Waals surface area (Å²) in [5.41, 5.74) is 5.73. The first kappa shape index (κ1) is 26.7. The van der Waals surface area contributed by atoms with E-state index >= 15 is 4.39 Å². The summed E-state index contributed by atoms with van der Waals surface area (Å²) in [6, 6.07) is -0.200. The molecule has 8 nitrogen and oxygen atoms in total. The molecule has 0 heterocycles. The zero-order valence-corrected chi connectivity index (χ0v) is 18.3. The summed E-state index contributed by atoms with van der Waals surface area (Å²) in [5.74, 6) is -4.88. The largest absolute Gasteiger partial charge is 0.496 e. The molecule has 164 valence electrons. The van der Waals surface area contributed by atoms with Gasteiger partial charge in [0.1, 0.15) is 17.6 Å². The van der Waals surface area contributed by atoms with Crippen molar-refractivity contribution in [1.29, 1.82) is 0 Å². The molecule has 0 spiro atoms. The molecule has 1 aromatic rings. The molecule has 0 radical (unpaired) electrons. The number of ether oxygens (including phenoxy) is 1. The van der Waals surface area contributed by atoms with Crippen LogP contribution in [0.5, 0.6) is 5.75 Å². The summed E-state index contributed by atoms with van der Waals surface area (Å²) in [4.78, 5) is 35.7. The lowest BCUT2D eigenvalue weighted by molar-refractivity contribution is -0.139. The first-order valence-corrected chi connectivity index (χ1v) is 10.0. The Bertz CT molecular complexity index is 742. The third-order valence-electron chi connectivity index (χ3n) is 3.97. The SMILES string of the molecule is CC.COc1cc(C(CSCC(=O)O)C(N)C(=O)O)c(F)c(C)c1C(=O)N(C)C. The topological polar surface area (TPSA) is 130 Å². The molecule has 0 fully saturated rings. The number of hydrogen-bond acceptors (Lipinski definition) is 6. The number of nitrogens with zero attached hydrogens (tertiary/aromatic N) is 1. The molecule has 0 aliphatic heterocycles. The van der Waals surface area contributed by atoms with E-state index in [1.807, 2.05) is 13.8 Å². The van der Waals surface area contributed by atoms with Gasteiger partial charge in [-0.25, -0.2) is 4.39 Å². The molecule has 1 amide bonds. The summed E-state index contributed by atoms with van der Waals surface area (Å²) in [6.45, 7) is 5.39. The van der Waals surface area contributed by atoms with Crippen LogP contribution in [0.15, 0.2) is 6.07 Å². The molecule has 1 aromatic carbocycles. The third-order valence-corrected chi connectivity index (χ3v) is 5.02. The van der Waals surface area contributed by atoms with Crippen molar-refractivity contribution in [2.45, 2.75) is 32.7 Å². The maximum Gasteiger partial charge on any atom is 0.321 e. The van der Waals surface area contributed by atoms with Crippen molar-refractivity contribution in [3.05, 3.63) is 28.6 Å². The highest BCUT2D eigenvalue weighted by atomic mass is 32.2. The zero-order valence-electron chi connectivity index (χ0n) is 17.5. The normalized spacial score (nSPS) is 12.3. The average molecular weight is 433 g/mol. The molecule has 0 saturated heterocycles. The first-order valence-electron chi connectivity index (χ1n) is 8.89.